The van der Waals surface area contributed by atoms with Gasteiger partial charge >= 0.3 is 0 Å². The normalized spacial score (nSPS) is 25.2. The minimum Gasteiger partial charge on any atom is -0.507 e. The molecule has 3 fully saturated rings. The Bertz CT molecular complexity index is 3450. The molecule has 7 amide bonds. The highest BCUT2D eigenvalue weighted by atomic mass is 32.2. The van der Waals surface area contributed by atoms with E-state index in [-0.39, 0.29) is 17.7 Å². The number of unbranched alkanes of at least 4 members (excludes halogenated alkanes) is 2. The number of benzene rings is 3. The van der Waals surface area contributed by atoms with E-state index < -0.39 is 181 Å². The number of fused-ring (bicyclic) bond motifs is 3. The lowest BCUT2D eigenvalue weighted by atomic mass is 9.99. The Morgan fingerprint density at radius 3 is 2.19 bits per heavy atom. The molecule has 5 heterocycles. The van der Waals surface area contributed by atoms with Gasteiger partial charge in [0, 0.05) is 75.2 Å². The van der Waals surface area contributed by atoms with E-state index in [9.17, 15) is 73.5 Å². The zero-order valence-corrected chi connectivity index (χ0v) is 51.0. The highest BCUT2D eigenvalue weighted by molar-refractivity contribution is 7.80. The van der Waals surface area contributed by atoms with Crippen molar-refractivity contribution in [3.8, 4) is 33.3 Å². The Morgan fingerprint density at radius 1 is 0.824 bits per heavy atom. The van der Waals surface area contributed by atoms with Crippen LogP contribution in [-0.4, -0.2) is 230 Å². The Kier molecular flexibility index (Phi) is 23.6. The van der Waals surface area contributed by atoms with E-state index in [4.69, 9.17) is 31.4 Å². The van der Waals surface area contributed by atoms with Crippen LogP contribution in [0.25, 0.3) is 31.6 Å². The molecular formula is C58H71N11O20S2. The number of aliphatic hydroxyl groups is 6. The number of aliphatic hydroxyl groups excluding tert-OH is 6. The van der Waals surface area contributed by atoms with Crippen LogP contribution < -0.4 is 31.3 Å². The molecule has 490 valence electrons. The first-order valence-corrected chi connectivity index (χ1v) is 30.8. The number of ether oxygens (including phenoxy) is 2. The third kappa shape index (κ3) is 16.9. The second-order valence-corrected chi connectivity index (χ2v) is 24.3. The van der Waals surface area contributed by atoms with Gasteiger partial charge in [-0.25, -0.2) is 25.5 Å². The van der Waals surface area contributed by atoms with Gasteiger partial charge < -0.3 is 86.4 Å². The van der Waals surface area contributed by atoms with Crippen molar-refractivity contribution in [2.24, 2.45) is 5.92 Å². The molecular weight excluding hydrogens is 1230 g/mol. The summed E-state index contributed by atoms with van der Waals surface area (Å²) in [4.78, 5) is 111. The van der Waals surface area contributed by atoms with Gasteiger partial charge in [0.2, 0.25) is 58.0 Å². The van der Waals surface area contributed by atoms with E-state index in [0.717, 1.165) is 59.4 Å². The molecule has 0 aliphatic carbocycles. The number of phenolic OH excluding ortho intramolecular Hbond substituents is 1. The van der Waals surface area contributed by atoms with Crippen molar-refractivity contribution in [2.45, 2.75) is 130 Å². The highest BCUT2D eigenvalue weighted by Gasteiger charge is 2.50. The molecule has 3 saturated heterocycles. The Balaban J connectivity index is 1.06. The zero-order chi connectivity index (χ0) is 65.8. The van der Waals surface area contributed by atoms with Crippen LogP contribution in [0.15, 0.2) is 77.8 Å². The number of nitrogens with one attached hydrogen (secondary N) is 5. The van der Waals surface area contributed by atoms with Crippen LogP contribution in [-0.2, 0) is 60.4 Å². The maximum atomic E-state index is 14.6. The van der Waals surface area contributed by atoms with Gasteiger partial charge in [-0.1, -0.05) is 45.8 Å². The maximum absolute atomic E-state index is 14.6. The molecule has 31 nitrogen and oxygen atoms in total. The van der Waals surface area contributed by atoms with Gasteiger partial charge in [0.05, 0.1) is 49.0 Å². The number of carbonyl (C=O) groups excluding carboxylic acids is 7. The molecule has 14 atom stereocenters. The van der Waals surface area contributed by atoms with Gasteiger partial charge in [-0.2, -0.15) is 5.10 Å². The lowest BCUT2D eigenvalue weighted by Gasteiger charge is -2.33. The molecule has 0 radical (unpaired) electrons. The lowest BCUT2D eigenvalue weighted by Crippen LogP contribution is -2.64. The number of β-amino-alcohol motifs (C(OH)–C–C–N with tert-alkyl or cyclic N) is 1. The smallest absolute Gasteiger partial charge is 0.251 e. The summed E-state index contributed by atoms with van der Waals surface area (Å²) >= 11 is -1.32. The van der Waals surface area contributed by atoms with Crippen molar-refractivity contribution < 1.29 is 97.6 Å². The minimum absolute atomic E-state index is 0.00187. The van der Waals surface area contributed by atoms with E-state index in [2.05, 4.69) is 40.8 Å². The molecule has 33 heteroatoms. The van der Waals surface area contributed by atoms with Crippen LogP contribution in [0.5, 0.6) is 11.5 Å². The number of hydrogen-bond acceptors (Lipinski definition) is 23. The molecule has 8 rings (SSSR count). The van der Waals surface area contributed by atoms with Crippen molar-refractivity contribution in [1.82, 2.24) is 51.0 Å². The number of aromatic hydroxyl groups is 1. The van der Waals surface area contributed by atoms with Crippen LogP contribution >= 0.6 is 11.3 Å². The van der Waals surface area contributed by atoms with Crippen LogP contribution in [0, 0.1) is 12.5 Å². The van der Waals surface area contributed by atoms with Crippen LogP contribution in [0.3, 0.4) is 0 Å². The van der Waals surface area contributed by atoms with Crippen LogP contribution in [0.1, 0.15) is 61.9 Å². The van der Waals surface area contributed by atoms with Crippen molar-refractivity contribution in [3.63, 3.8) is 0 Å². The summed E-state index contributed by atoms with van der Waals surface area (Å²) in [6.45, 7) is 8.80. The zero-order valence-electron chi connectivity index (χ0n) is 49.4. The summed E-state index contributed by atoms with van der Waals surface area (Å²) in [5.74, 6) is -8.95. The Morgan fingerprint density at radius 2 is 1.51 bits per heavy atom. The number of nitrogens with zero attached hydrogens (tertiary/aromatic N) is 6. The first kappa shape index (κ1) is 68.8. The molecule has 0 spiro atoms. The largest absolute Gasteiger partial charge is 0.507 e. The number of amides is 7. The monoisotopic (exact) mass is 1310 g/mol. The first-order chi connectivity index (χ1) is 43.5. The third-order valence-corrected chi connectivity index (χ3v) is 17.5. The van der Waals surface area contributed by atoms with Crippen molar-refractivity contribution in [1.29, 1.82) is 0 Å². The standard InChI is InChI=1S/C58H71N11O20S2/c1-29-26-68-48(49(29)76)54(81)60-24-35(71)22-38(61-50(77)33-11-9-32(10-12-33)39-28-69-58(62-39)90-55(66-69)34-13-15-37(16-14-34)87-19-7-5-6-18-86-4)51(78)63-45(30(2)70)56(82)67-27-36(72)23-40(67)52(79)64-46(53(80)65-47(57(68)83)43(75)25-59-3)42(74)20-31-8-17-41(73)44(21-31)91(85)89-88-84/h8-17,21,28-30,35-36,38,40,42-43,45-49,70-76,84H,5-7,18-20,22-27H2,1-2,4H3,(H,60,81)(H,61,77)(H,63,78)(H,64,79)(H,65,80)/t29?,30?,35-,36?,38-,40?,42+,43+,45?,46?,47-,48?,49-,91?/m0/s1. The van der Waals surface area contributed by atoms with Crippen molar-refractivity contribution in [3.05, 3.63) is 95.5 Å². The number of carbonyl (C=O) groups is 7. The molecule has 91 heavy (non-hydrogen) atoms. The van der Waals surface area contributed by atoms with Crippen LogP contribution in [0.4, 0.5) is 0 Å². The minimum atomic E-state index is -2.67. The number of methoxy groups -OCH3 is 1. The summed E-state index contributed by atoms with van der Waals surface area (Å²) in [5.41, 5.74) is 1.93. The van der Waals surface area contributed by atoms with Gasteiger partial charge in [-0.3, -0.25) is 33.6 Å². The second kappa shape index (κ2) is 31.3. The fourth-order valence-electron chi connectivity index (χ4n) is 10.8. The molecule has 2 aromatic heterocycles. The summed E-state index contributed by atoms with van der Waals surface area (Å²) < 4.78 is 29.3. The average Bonchev–Trinajstić information content (AvgIpc) is 1.74. The van der Waals surface area contributed by atoms with Crippen LogP contribution in [0.2, 0.25) is 0 Å². The average molecular weight is 1310 g/mol. The molecule has 13 N–H and O–H groups in total. The SMILES string of the molecule is [C-]#[N+]C[C@@H](O)[C@@H]1NC(=O)C([C@H](O)Cc2ccc(O)c(S(=O)OOO)c2)NC(=O)C2CC(O)CN2C(=O)C(C(C)O)NC(=O)[C@@H](NC(=O)c2ccc(-c3cn4nc(-c5ccc(OCCCCCOC)cc5)sc4n3)cc2)C[C@H](O)CNC(=O)C2[C@@H](O)C(C)CN2C1=O. The Hall–Kier alpha value is -8.11. The lowest BCUT2D eigenvalue weighted by molar-refractivity contribution is -0.435. The highest BCUT2D eigenvalue weighted by Crippen LogP contribution is 2.31. The van der Waals surface area contributed by atoms with E-state index in [0.29, 0.717) is 34.4 Å². The van der Waals surface area contributed by atoms with Gasteiger partial charge in [0.15, 0.2) is 6.10 Å². The van der Waals surface area contributed by atoms with Crippen molar-refractivity contribution in [2.75, 3.05) is 46.5 Å². The third-order valence-electron chi connectivity index (χ3n) is 15.6. The van der Waals surface area contributed by atoms with E-state index >= 15 is 0 Å². The van der Waals surface area contributed by atoms with Gasteiger partial charge in [0.25, 0.3) is 5.91 Å². The number of hydrogen-bond donors (Lipinski definition) is 13. The summed E-state index contributed by atoms with van der Waals surface area (Å²) in [6.07, 6.45) is -8.05. The van der Waals surface area contributed by atoms with Crippen molar-refractivity contribution >= 4 is 68.7 Å². The van der Waals surface area contributed by atoms with Gasteiger partial charge in [-0.15, -0.1) is 0 Å². The maximum Gasteiger partial charge on any atom is 0.251 e. The number of imidazole rings is 1. The summed E-state index contributed by atoms with van der Waals surface area (Å²) in [7, 11) is 1.67. The molecule has 3 aromatic carbocycles. The topological polar surface area (TPSA) is 436 Å². The molecule has 5 aromatic rings. The molecule has 3 aliphatic rings. The molecule has 0 saturated carbocycles. The van der Waals surface area contributed by atoms with E-state index in [1.165, 1.54) is 36.5 Å². The predicted octanol–water partition coefficient (Wildman–Crippen LogP) is -1.66. The summed E-state index contributed by atoms with van der Waals surface area (Å²) in [6, 6.07) is 5.21. The predicted molar refractivity (Wildman–Crippen MR) is 319 cm³/mol. The fraction of sp³-hybridized carbons (Fsp3) is 0.483. The van der Waals surface area contributed by atoms with Gasteiger partial charge in [-0.05, 0) is 80.3 Å². The fourth-order valence-corrected chi connectivity index (χ4v) is 12.3. The van der Waals surface area contributed by atoms with Gasteiger partial charge in [0.1, 0.15) is 57.7 Å². The number of aromatic nitrogens is 3. The molecule has 3 aliphatic heterocycles. The second-order valence-electron chi connectivity index (χ2n) is 22.3. The number of rotatable bonds is 20. The Labute approximate surface area is 526 Å². The van der Waals surface area contributed by atoms with E-state index in [1.807, 2.05) is 24.3 Å². The van der Waals surface area contributed by atoms with E-state index in [1.54, 1.807) is 30.0 Å². The quantitative estimate of drug-likeness (QED) is 0.0179. The number of phenols is 1. The first-order valence-electron chi connectivity index (χ1n) is 28.9. The molecule has 8 unspecified atom stereocenters. The summed E-state index contributed by atoms with van der Waals surface area (Å²) in [5, 5.41) is 108. The molecule has 0 bridgehead atoms.